The van der Waals surface area contributed by atoms with E-state index >= 15 is 0 Å². The lowest BCUT2D eigenvalue weighted by Gasteiger charge is -2.29. The van der Waals surface area contributed by atoms with Gasteiger partial charge in [0.1, 0.15) is 17.7 Å². The molecular formula is C39H53N3O9. The Balaban J connectivity index is 2.21. The zero-order valence-electron chi connectivity index (χ0n) is 30.9. The summed E-state index contributed by atoms with van der Waals surface area (Å²) in [4.78, 5) is 67.7. The Morgan fingerprint density at radius 2 is 1.63 bits per heavy atom. The van der Waals surface area contributed by atoms with Gasteiger partial charge in [0.25, 0.3) is 0 Å². The number of carboxylic acid groups (broad SMARTS) is 1. The number of carboxylic acids is 1. The number of alkyl carbamates (subject to hydrolysis) is 1. The second-order valence-corrected chi connectivity index (χ2v) is 14.5. The topological polar surface area (TPSA) is 170 Å². The van der Waals surface area contributed by atoms with Gasteiger partial charge in [-0.3, -0.25) is 14.6 Å². The number of hydrogen-bond donors (Lipinski definition) is 3. The minimum absolute atomic E-state index is 0.0374. The summed E-state index contributed by atoms with van der Waals surface area (Å²) in [5.41, 5.74) is -0.324. The van der Waals surface area contributed by atoms with Crippen LogP contribution in [0.5, 0.6) is 0 Å². The second-order valence-electron chi connectivity index (χ2n) is 14.5. The van der Waals surface area contributed by atoms with Crippen LogP contribution in [0, 0.1) is 17.3 Å². The molecule has 4 atom stereocenters. The van der Waals surface area contributed by atoms with Gasteiger partial charge in [0.05, 0.1) is 5.41 Å². The number of carbonyl (C=O) groups is 5. The summed E-state index contributed by atoms with van der Waals surface area (Å²) in [7, 11) is 0. The molecule has 1 aromatic heterocycles. The van der Waals surface area contributed by atoms with Crippen LogP contribution in [-0.4, -0.2) is 70.4 Å². The number of nitrogens with zero attached hydrogens (tertiary/aromatic N) is 1. The molecule has 0 saturated heterocycles. The van der Waals surface area contributed by atoms with Crippen LogP contribution in [0.4, 0.5) is 4.79 Å². The van der Waals surface area contributed by atoms with E-state index in [0.29, 0.717) is 5.56 Å². The van der Waals surface area contributed by atoms with Crippen LogP contribution in [0.2, 0.25) is 0 Å². The number of pyridine rings is 1. The summed E-state index contributed by atoms with van der Waals surface area (Å²) in [5.74, 6) is -3.66. The fraction of sp³-hybridized carbons (Fsp3) is 0.487. The summed E-state index contributed by atoms with van der Waals surface area (Å²) in [6, 6.07) is 11.8. The number of aliphatic carboxylic acids is 1. The highest BCUT2D eigenvalue weighted by molar-refractivity contribution is 5.91. The molecule has 2 aromatic rings. The number of esters is 2. The summed E-state index contributed by atoms with van der Waals surface area (Å²) >= 11 is 0. The molecule has 0 aliphatic carbocycles. The third-order valence-corrected chi connectivity index (χ3v) is 7.48. The summed E-state index contributed by atoms with van der Waals surface area (Å²) in [5, 5.41) is 14.7. The number of hydrogen-bond acceptors (Lipinski definition) is 9. The van der Waals surface area contributed by atoms with Crippen molar-refractivity contribution in [3.63, 3.8) is 0 Å². The quantitative estimate of drug-likeness (QED) is 0.0962. The maximum atomic E-state index is 13.7. The predicted molar refractivity (Wildman–Crippen MR) is 193 cm³/mol. The third kappa shape index (κ3) is 16.5. The van der Waals surface area contributed by atoms with Crippen LogP contribution in [0.3, 0.4) is 0 Å². The first-order valence-corrected chi connectivity index (χ1v) is 17.1. The van der Waals surface area contributed by atoms with Gasteiger partial charge in [-0.05, 0) is 70.2 Å². The third-order valence-electron chi connectivity index (χ3n) is 7.48. The van der Waals surface area contributed by atoms with Crippen molar-refractivity contribution in [3.05, 3.63) is 84.2 Å². The molecule has 0 aliphatic heterocycles. The lowest BCUT2D eigenvalue weighted by atomic mass is 9.93. The van der Waals surface area contributed by atoms with Crippen LogP contribution in [0.1, 0.15) is 79.4 Å². The fourth-order valence-electron chi connectivity index (χ4n) is 4.62. The smallest absolute Gasteiger partial charge is 0.407 e. The highest BCUT2D eigenvalue weighted by atomic mass is 16.6. The molecular weight excluding hydrogens is 654 g/mol. The number of benzene rings is 1. The van der Waals surface area contributed by atoms with Crippen molar-refractivity contribution in [2.75, 3.05) is 6.54 Å². The molecule has 0 spiro atoms. The number of nitrogens with one attached hydrogen (secondary N) is 2. The van der Waals surface area contributed by atoms with Crippen molar-refractivity contribution >= 4 is 36.0 Å². The van der Waals surface area contributed by atoms with E-state index in [0.717, 1.165) is 5.56 Å². The lowest BCUT2D eigenvalue weighted by Crippen LogP contribution is -2.44. The van der Waals surface area contributed by atoms with Gasteiger partial charge in [0.15, 0.2) is 6.10 Å². The van der Waals surface area contributed by atoms with Gasteiger partial charge in [-0.2, -0.15) is 0 Å². The first-order valence-electron chi connectivity index (χ1n) is 17.1. The van der Waals surface area contributed by atoms with Gasteiger partial charge < -0.3 is 30.0 Å². The van der Waals surface area contributed by atoms with Gasteiger partial charge >= 0.3 is 24.0 Å². The molecule has 278 valence electrons. The van der Waals surface area contributed by atoms with Crippen LogP contribution >= 0.6 is 0 Å². The average Bonchev–Trinajstić information content (AvgIpc) is 3.05. The maximum Gasteiger partial charge on any atom is 0.407 e. The molecule has 3 N–H and O–H groups in total. The highest BCUT2D eigenvalue weighted by Crippen LogP contribution is 2.23. The zero-order valence-corrected chi connectivity index (χ0v) is 30.9. The van der Waals surface area contributed by atoms with Crippen LogP contribution in [0.15, 0.2) is 73.1 Å². The van der Waals surface area contributed by atoms with E-state index in [1.165, 1.54) is 18.3 Å². The van der Waals surface area contributed by atoms with E-state index in [1.807, 2.05) is 63.3 Å². The Morgan fingerprint density at radius 1 is 0.941 bits per heavy atom. The van der Waals surface area contributed by atoms with E-state index < -0.39 is 59.2 Å². The molecule has 0 unspecified atom stereocenters. The minimum Gasteiger partial charge on any atom is -0.480 e. The predicted octanol–water partition coefficient (Wildman–Crippen LogP) is 5.91. The normalized spacial score (nSPS) is 14.4. The minimum atomic E-state index is -1.23. The van der Waals surface area contributed by atoms with Crippen LogP contribution in [-0.2, 0) is 39.8 Å². The molecule has 51 heavy (non-hydrogen) atoms. The lowest BCUT2D eigenvalue weighted by molar-refractivity contribution is -0.178. The summed E-state index contributed by atoms with van der Waals surface area (Å²) in [6.45, 7) is 13.9. The number of ether oxygens (including phenoxy) is 3. The molecule has 0 saturated carbocycles. The monoisotopic (exact) mass is 707 g/mol. The first kappa shape index (κ1) is 42.2. The Hall–Kier alpha value is -5.00. The number of amides is 2. The van der Waals surface area contributed by atoms with E-state index in [-0.39, 0.29) is 37.6 Å². The zero-order chi connectivity index (χ0) is 38.2. The van der Waals surface area contributed by atoms with E-state index in [4.69, 9.17) is 14.2 Å². The van der Waals surface area contributed by atoms with Crippen molar-refractivity contribution in [2.24, 2.45) is 17.3 Å². The second kappa shape index (κ2) is 20.0. The SMILES string of the molecule is CC(C)C[C@H](OC(=O)C(C)(C)CNC(=O)OC(C)(C)C)C(=O)O[C@@H](C/C=C/C(=O)N[C@H](Cc1cccnc1)C(=O)O)[C@H](C)/C=C/c1ccccc1. The van der Waals surface area contributed by atoms with E-state index in [2.05, 4.69) is 15.6 Å². The molecule has 0 radical (unpaired) electrons. The van der Waals surface area contributed by atoms with Crippen molar-refractivity contribution < 1.29 is 43.3 Å². The fourth-order valence-corrected chi connectivity index (χ4v) is 4.62. The Bertz CT molecular complexity index is 1500. The molecule has 12 heteroatoms. The molecule has 12 nitrogen and oxygen atoms in total. The standard InChI is InChI=1S/C39H53N3O9/c1-26(2)22-32(50-36(47)39(7,8)25-41-37(48)51-38(4,5)6)35(46)49-31(27(3)19-20-28-14-10-9-11-15-28)17-12-18-33(43)42-30(34(44)45)23-29-16-13-21-40-24-29/h9-16,18-21,24,26-27,30-32H,17,22-23,25H2,1-8H3,(H,41,48)(H,42,43)(H,44,45)/b18-12+,20-19+/t27-,30-,31+,32+/m1/s1. The van der Waals surface area contributed by atoms with Gasteiger partial charge in [0, 0.05) is 37.7 Å². The molecule has 0 fully saturated rings. The summed E-state index contributed by atoms with van der Waals surface area (Å²) in [6.07, 6.45) is 7.25. The average molecular weight is 708 g/mol. The number of carbonyl (C=O) groups excluding carboxylic acids is 4. The molecule has 2 amide bonds. The van der Waals surface area contributed by atoms with Gasteiger partial charge in [0.2, 0.25) is 5.91 Å². The molecule has 0 aliphatic rings. The van der Waals surface area contributed by atoms with Crippen molar-refractivity contribution in [3.8, 4) is 0 Å². The summed E-state index contributed by atoms with van der Waals surface area (Å²) < 4.78 is 17.0. The molecule has 1 aromatic carbocycles. The molecule has 0 bridgehead atoms. The van der Waals surface area contributed by atoms with Crippen LogP contribution in [0.25, 0.3) is 6.08 Å². The first-order chi connectivity index (χ1) is 23.9. The van der Waals surface area contributed by atoms with Gasteiger partial charge in [-0.25, -0.2) is 14.4 Å². The Kier molecular flexibility index (Phi) is 16.5. The number of rotatable bonds is 18. The van der Waals surface area contributed by atoms with Crippen LogP contribution < -0.4 is 10.6 Å². The van der Waals surface area contributed by atoms with Gasteiger partial charge in [-0.15, -0.1) is 0 Å². The molecule has 2 rings (SSSR count). The Morgan fingerprint density at radius 3 is 2.22 bits per heavy atom. The molecule has 1 heterocycles. The van der Waals surface area contributed by atoms with Crippen molar-refractivity contribution in [2.45, 2.75) is 98.5 Å². The maximum absolute atomic E-state index is 13.7. The van der Waals surface area contributed by atoms with Crippen molar-refractivity contribution in [1.29, 1.82) is 0 Å². The number of aromatic nitrogens is 1. The Labute approximate surface area is 301 Å². The largest absolute Gasteiger partial charge is 0.480 e. The highest BCUT2D eigenvalue weighted by Gasteiger charge is 2.36. The van der Waals surface area contributed by atoms with Gasteiger partial charge in [-0.1, -0.05) is 75.4 Å². The van der Waals surface area contributed by atoms with Crippen molar-refractivity contribution in [1.82, 2.24) is 15.6 Å². The van der Waals surface area contributed by atoms with E-state index in [1.54, 1.807) is 52.9 Å². The van der Waals surface area contributed by atoms with E-state index in [9.17, 15) is 29.1 Å².